The van der Waals surface area contributed by atoms with Gasteiger partial charge in [-0.2, -0.15) is 13.2 Å². The first kappa shape index (κ1) is 29.0. The van der Waals surface area contributed by atoms with Gasteiger partial charge in [-0.05, 0) is 60.6 Å². The molecule has 0 aromatic heterocycles. The minimum Gasteiger partial charge on any atom is -0.454 e. The molecule has 0 spiro atoms. The average molecular weight is 553 g/mol. The smallest absolute Gasteiger partial charge is 0.422 e. The van der Waals surface area contributed by atoms with Crippen molar-refractivity contribution in [3.8, 4) is 22.6 Å². The minimum absolute atomic E-state index is 0.0436. The first-order valence-electron chi connectivity index (χ1n) is 13.4. The number of alkyl halides is 3. The molecule has 3 aromatic rings. The molecular formula is C31H31F7O. The van der Waals surface area contributed by atoms with Crippen LogP contribution in [0.3, 0.4) is 0 Å². The molecule has 1 nitrogen and oxygen atoms in total. The summed E-state index contributed by atoms with van der Waals surface area (Å²) in [4.78, 5) is 0. The average Bonchev–Trinajstić information content (AvgIpc) is 2.88. The van der Waals surface area contributed by atoms with Gasteiger partial charge in [-0.3, -0.25) is 0 Å². The highest BCUT2D eigenvalue weighted by Gasteiger charge is 2.38. The van der Waals surface area contributed by atoms with E-state index in [4.69, 9.17) is 4.74 Å². The van der Waals surface area contributed by atoms with Crippen molar-refractivity contribution in [2.45, 2.75) is 70.9 Å². The van der Waals surface area contributed by atoms with Gasteiger partial charge >= 0.3 is 6.18 Å². The van der Waals surface area contributed by atoms with Gasteiger partial charge in [0.05, 0.1) is 0 Å². The SMILES string of the molecule is CCCCC1CCC(CCc2c(F)ccc(Oc3ccccc3-c3cc(F)c(C(F)(F)F)c(F)c3)c2F)CC1. The van der Waals surface area contributed by atoms with Crippen LogP contribution in [-0.2, 0) is 12.6 Å². The molecule has 0 heterocycles. The molecular weight excluding hydrogens is 521 g/mol. The van der Waals surface area contributed by atoms with Gasteiger partial charge in [0.25, 0.3) is 0 Å². The van der Waals surface area contributed by atoms with Crippen molar-refractivity contribution in [3.05, 3.63) is 82.9 Å². The van der Waals surface area contributed by atoms with E-state index in [1.807, 2.05) is 0 Å². The van der Waals surface area contributed by atoms with E-state index in [1.165, 1.54) is 43.5 Å². The Morgan fingerprint density at radius 2 is 1.38 bits per heavy atom. The van der Waals surface area contributed by atoms with Gasteiger partial charge in [0, 0.05) is 11.1 Å². The monoisotopic (exact) mass is 552 g/mol. The second-order valence-corrected chi connectivity index (χ2v) is 10.3. The Kier molecular flexibility index (Phi) is 9.23. The van der Waals surface area contributed by atoms with Crippen molar-refractivity contribution >= 4 is 0 Å². The highest BCUT2D eigenvalue weighted by atomic mass is 19.4. The van der Waals surface area contributed by atoms with Crippen molar-refractivity contribution in [2.24, 2.45) is 11.8 Å². The van der Waals surface area contributed by atoms with E-state index in [0.29, 0.717) is 24.5 Å². The Bertz CT molecular complexity index is 1250. The molecule has 0 aliphatic heterocycles. The maximum Gasteiger partial charge on any atom is 0.422 e. The van der Waals surface area contributed by atoms with E-state index in [9.17, 15) is 26.3 Å². The van der Waals surface area contributed by atoms with Crippen LogP contribution in [0.4, 0.5) is 30.7 Å². The quantitative estimate of drug-likeness (QED) is 0.240. The van der Waals surface area contributed by atoms with Crippen molar-refractivity contribution < 1.29 is 35.5 Å². The van der Waals surface area contributed by atoms with Crippen LogP contribution in [0, 0.1) is 35.1 Å². The van der Waals surface area contributed by atoms with E-state index in [1.54, 1.807) is 0 Å². The topological polar surface area (TPSA) is 9.23 Å². The van der Waals surface area contributed by atoms with Gasteiger partial charge in [-0.15, -0.1) is 0 Å². The zero-order valence-electron chi connectivity index (χ0n) is 21.7. The summed E-state index contributed by atoms with van der Waals surface area (Å²) in [5, 5.41) is 0. The Hall–Kier alpha value is -3.03. The maximum absolute atomic E-state index is 15.4. The number of benzene rings is 3. The zero-order valence-corrected chi connectivity index (χ0v) is 21.7. The fraction of sp³-hybridized carbons (Fsp3) is 0.419. The van der Waals surface area contributed by atoms with Crippen molar-refractivity contribution in [2.75, 3.05) is 0 Å². The molecule has 1 saturated carbocycles. The van der Waals surface area contributed by atoms with E-state index < -0.39 is 35.0 Å². The predicted octanol–water partition coefficient (Wildman–Crippen LogP) is 10.7. The lowest BCUT2D eigenvalue weighted by molar-refractivity contribution is -0.142. The van der Waals surface area contributed by atoms with E-state index in [0.717, 1.165) is 43.7 Å². The van der Waals surface area contributed by atoms with Gasteiger partial charge in [0.2, 0.25) is 0 Å². The van der Waals surface area contributed by atoms with E-state index >= 15 is 4.39 Å². The van der Waals surface area contributed by atoms with Crippen molar-refractivity contribution in [1.82, 2.24) is 0 Å². The molecule has 0 atom stereocenters. The zero-order chi connectivity index (χ0) is 28.2. The molecule has 210 valence electrons. The first-order chi connectivity index (χ1) is 18.6. The second-order valence-electron chi connectivity index (χ2n) is 10.3. The number of hydrogen-bond acceptors (Lipinski definition) is 1. The Labute approximate surface area is 224 Å². The molecule has 1 aliphatic rings. The third-order valence-corrected chi connectivity index (χ3v) is 7.63. The van der Waals surface area contributed by atoms with Crippen LogP contribution < -0.4 is 4.74 Å². The lowest BCUT2D eigenvalue weighted by Gasteiger charge is -2.28. The third kappa shape index (κ3) is 6.95. The predicted molar refractivity (Wildman–Crippen MR) is 137 cm³/mol. The Morgan fingerprint density at radius 3 is 2.00 bits per heavy atom. The highest BCUT2D eigenvalue weighted by molar-refractivity contribution is 5.71. The normalized spacial score (nSPS) is 17.8. The summed E-state index contributed by atoms with van der Waals surface area (Å²) in [7, 11) is 0. The van der Waals surface area contributed by atoms with Gasteiger partial charge < -0.3 is 4.74 Å². The van der Waals surface area contributed by atoms with Gasteiger partial charge in [0.1, 0.15) is 28.8 Å². The van der Waals surface area contributed by atoms with Crippen LogP contribution >= 0.6 is 0 Å². The van der Waals surface area contributed by atoms with Crippen molar-refractivity contribution in [3.63, 3.8) is 0 Å². The third-order valence-electron chi connectivity index (χ3n) is 7.63. The van der Waals surface area contributed by atoms with Crippen LogP contribution in [0.5, 0.6) is 11.5 Å². The lowest BCUT2D eigenvalue weighted by Crippen LogP contribution is -2.15. The molecule has 0 radical (unpaired) electrons. The summed E-state index contributed by atoms with van der Waals surface area (Å²) >= 11 is 0. The van der Waals surface area contributed by atoms with Gasteiger partial charge in [0.15, 0.2) is 11.6 Å². The molecule has 1 fully saturated rings. The maximum atomic E-state index is 15.4. The number of unbranched alkanes of at least 4 members (excludes halogenated alkanes) is 1. The molecule has 0 saturated heterocycles. The first-order valence-corrected chi connectivity index (χ1v) is 13.4. The fourth-order valence-corrected chi connectivity index (χ4v) is 5.45. The van der Waals surface area contributed by atoms with Crippen LogP contribution in [0.15, 0.2) is 48.5 Å². The molecule has 1 aliphatic carbocycles. The fourth-order valence-electron chi connectivity index (χ4n) is 5.45. The van der Waals surface area contributed by atoms with Crippen LogP contribution in [0.2, 0.25) is 0 Å². The van der Waals surface area contributed by atoms with Gasteiger partial charge in [-0.25, -0.2) is 17.6 Å². The highest BCUT2D eigenvalue weighted by Crippen LogP contribution is 2.40. The molecule has 3 aromatic carbocycles. The van der Waals surface area contributed by atoms with Crippen LogP contribution in [0.25, 0.3) is 11.1 Å². The number of halogens is 7. The Morgan fingerprint density at radius 1 is 0.769 bits per heavy atom. The van der Waals surface area contributed by atoms with Crippen molar-refractivity contribution in [1.29, 1.82) is 0 Å². The van der Waals surface area contributed by atoms with E-state index in [2.05, 4.69) is 6.92 Å². The molecule has 0 bridgehead atoms. The standard InChI is InChI=1S/C31H31F7O/c1-2-3-6-19-9-11-20(12-10-19)13-14-23-24(32)15-16-28(30(23)35)39-27-8-5-4-7-22(27)21-17-25(33)29(26(34)18-21)31(36,37)38/h4-5,7-8,15-20H,2-3,6,9-14H2,1H3. The molecule has 39 heavy (non-hydrogen) atoms. The Balaban J connectivity index is 1.52. The lowest BCUT2D eigenvalue weighted by atomic mass is 9.78. The molecule has 0 N–H and O–H groups in total. The summed E-state index contributed by atoms with van der Waals surface area (Å²) in [5.41, 5.74) is -2.25. The molecule has 4 rings (SSSR count). The summed E-state index contributed by atoms with van der Waals surface area (Å²) in [5.74, 6) is -4.30. The van der Waals surface area contributed by atoms with Gasteiger partial charge in [-0.1, -0.05) is 70.1 Å². The number of rotatable bonds is 9. The second kappa shape index (κ2) is 12.4. The summed E-state index contributed by atoms with van der Waals surface area (Å²) < 4.78 is 103. The van der Waals surface area contributed by atoms with Crippen LogP contribution in [0.1, 0.15) is 69.4 Å². The number of ether oxygens (including phenoxy) is 1. The van der Waals surface area contributed by atoms with Crippen LogP contribution in [-0.4, -0.2) is 0 Å². The molecule has 8 heteroatoms. The largest absolute Gasteiger partial charge is 0.454 e. The minimum atomic E-state index is -5.20. The summed E-state index contributed by atoms with van der Waals surface area (Å²) in [6.45, 7) is 2.18. The molecule has 0 amide bonds. The number of hydrogen-bond donors (Lipinski definition) is 0. The summed E-state index contributed by atoms with van der Waals surface area (Å²) in [6, 6.07) is 9.13. The van der Waals surface area contributed by atoms with E-state index in [-0.39, 0.29) is 34.6 Å². The molecule has 0 unspecified atom stereocenters. The number of para-hydroxylation sites is 1. The summed E-state index contributed by atoms with van der Waals surface area (Å²) in [6.07, 6.45) is 3.66.